The maximum atomic E-state index is 11.7. The molecule has 4 nitrogen and oxygen atoms in total. The fraction of sp³-hybridized carbons (Fsp3) is 0.0909. The van der Waals surface area contributed by atoms with E-state index in [-0.39, 0.29) is 5.57 Å². The molecule has 0 unspecified atom stereocenters. The summed E-state index contributed by atoms with van der Waals surface area (Å²) in [6.45, 7) is 1.37. The summed E-state index contributed by atoms with van der Waals surface area (Å²) in [5.74, 6) is -1.11. The Balaban J connectivity index is 2.97. The van der Waals surface area contributed by atoms with Crippen LogP contribution in [-0.2, 0) is 4.79 Å². The van der Waals surface area contributed by atoms with E-state index in [0.29, 0.717) is 10.2 Å². The summed E-state index contributed by atoms with van der Waals surface area (Å²) in [7, 11) is 0. The molecular formula is C11H8Br2N2O2. The second kappa shape index (κ2) is 5.84. The van der Waals surface area contributed by atoms with Gasteiger partial charge in [0.05, 0.1) is 11.3 Å². The van der Waals surface area contributed by atoms with E-state index in [1.54, 1.807) is 12.1 Å². The second-order valence-electron chi connectivity index (χ2n) is 3.16. The van der Waals surface area contributed by atoms with Crippen LogP contribution in [0.2, 0.25) is 0 Å². The molecule has 0 aromatic heterocycles. The Bertz CT molecular complexity index is 533. The van der Waals surface area contributed by atoms with E-state index in [1.807, 2.05) is 6.07 Å². The number of carbonyl (C=O) groups excluding carboxylic acids is 1. The Morgan fingerprint density at radius 2 is 2.12 bits per heavy atom. The number of nitriles is 1. The number of amides is 1. The molecular weight excluding hydrogens is 352 g/mol. The highest BCUT2D eigenvalue weighted by Gasteiger charge is 2.11. The second-order valence-corrected chi connectivity index (χ2v) is 4.93. The van der Waals surface area contributed by atoms with E-state index in [9.17, 15) is 4.79 Å². The first kappa shape index (κ1) is 13.7. The van der Waals surface area contributed by atoms with Gasteiger partial charge in [-0.1, -0.05) is 15.9 Å². The molecule has 0 saturated carbocycles. The molecule has 0 radical (unpaired) electrons. The van der Waals surface area contributed by atoms with Gasteiger partial charge in [-0.25, -0.2) is 0 Å². The average Bonchev–Trinajstić information content (AvgIpc) is 2.31. The van der Waals surface area contributed by atoms with Crippen LogP contribution in [0, 0.1) is 11.3 Å². The molecule has 2 N–H and O–H groups in total. The predicted octanol–water partition coefficient (Wildman–Crippen LogP) is 3.51. The van der Waals surface area contributed by atoms with Gasteiger partial charge in [0.2, 0.25) is 5.76 Å². The molecule has 1 aromatic rings. The van der Waals surface area contributed by atoms with E-state index >= 15 is 0 Å². The summed E-state index contributed by atoms with van der Waals surface area (Å²) in [4.78, 5) is 11.7. The van der Waals surface area contributed by atoms with Crippen LogP contribution >= 0.6 is 31.9 Å². The summed E-state index contributed by atoms with van der Waals surface area (Å²) in [6.07, 6.45) is 0. The van der Waals surface area contributed by atoms with E-state index in [4.69, 9.17) is 10.4 Å². The van der Waals surface area contributed by atoms with Crippen molar-refractivity contribution < 1.29 is 9.90 Å². The number of nitrogens with zero attached hydrogens (tertiary/aromatic N) is 1. The Hall–Kier alpha value is -1.32. The molecule has 88 valence electrons. The molecule has 0 saturated heterocycles. The number of hydrogen-bond acceptors (Lipinski definition) is 3. The number of aliphatic hydroxyl groups is 1. The van der Waals surface area contributed by atoms with Gasteiger partial charge in [-0.3, -0.25) is 4.79 Å². The van der Waals surface area contributed by atoms with Crippen molar-refractivity contribution in [2.75, 3.05) is 5.32 Å². The van der Waals surface area contributed by atoms with E-state index in [0.717, 1.165) is 4.47 Å². The lowest BCUT2D eigenvalue weighted by Gasteiger charge is -2.08. The largest absolute Gasteiger partial charge is 0.499 e. The summed E-state index contributed by atoms with van der Waals surface area (Å²) in [5.41, 5.74) is 0.522. The summed E-state index contributed by atoms with van der Waals surface area (Å²) in [5, 5.41) is 20.2. The Labute approximate surface area is 115 Å². The zero-order valence-electron chi connectivity index (χ0n) is 8.79. The molecule has 17 heavy (non-hydrogen) atoms. The number of rotatable bonds is 2. The van der Waals surface area contributed by atoms with Crippen LogP contribution in [-0.4, -0.2) is 11.0 Å². The molecule has 1 aromatic carbocycles. The maximum absolute atomic E-state index is 11.7. The predicted molar refractivity (Wildman–Crippen MR) is 71.4 cm³/mol. The first-order chi connectivity index (χ1) is 7.95. The van der Waals surface area contributed by atoms with Crippen molar-refractivity contribution in [2.45, 2.75) is 6.92 Å². The monoisotopic (exact) mass is 358 g/mol. The van der Waals surface area contributed by atoms with Gasteiger partial charge in [0, 0.05) is 8.95 Å². The lowest BCUT2D eigenvalue weighted by atomic mass is 10.2. The number of benzene rings is 1. The molecule has 6 heteroatoms. The summed E-state index contributed by atoms with van der Waals surface area (Å²) >= 11 is 6.56. The molecule has 0 fully saturated rings. The number of allylic oxidation sites excluding steroid dienone is 1. The van der Waals surface area contributed by atoms with Crippen LogP contribution in [0.5, 0.6) is 0 Å². The standard InChI is InChI=1S/C11H8Br2N2O2/c1-6(10(16)5-14)11(17)15-9-4-7(12)2-3-8(9)13/h2-4,16H,1H3,(H,15,17)/b10-6+. The summed E-state index contributed by atoms with van der Waals surface area (Å²) < 4.78 is 1.51. The molecule has 0 heterocycles. The fourth-order valence-corrected chi connectivity index (χ4v) is 1.71. The number of anilines is 1. The van der Waals surface area contributed by atoms with Gasteiger partial charge in [-0.05, 0) is 41.1 Å². The first-order valence-electron chi connectivity index (χ1n) is 4.52. The van der Waals surface area contributed by atoms with Gasteiger partial charge < -0.3 is 10.4 Å². The fourth-order valence-electron chi connectivity index (χ4n) is 1.00. The SMILES string of the molecule is C/C(C(=O)Nc1cc(Br)ccc1Br)=C(\O)C#N. The van der Waals surface area contributed by atoms with Gasteiger partial charge in [0.15, 0.2) is 0 Å². The molecule has 0 aliphatic carbocycles. The van der Waals surface area contributed by atoms with Crippen molar-refractivity contribution in [3.05, 3.63) is 38.5 Å². The average molecular weight is 360 g/mol. The minimum atomic E-state index is -0.589. The lowest BCUT2D eigenvalue weighted by Crippen LogP contribution is -2.14. The minimum Gasteiger partial charge on any atom is -0.499 e. The quantitative estimate of drug-likeness (QED) is 0.367. The molecule has 0 aliphatic heterocycles. The highest BCUT2D eigenvalue weighted by Crippen LogP contribution is 2.26. The van der Waals surface area contributed by atoms with E-state index in [1.165, 1.54) is 13.0 Å². The van der Waals surface area contributed by atoms with Crippen LogP contribution in [0.25, 0.3) is 0 Å². The van der Waals surface area contributed by atoms with Gasteiger partial charge in [-0.15, -0.1) is 0 Å². The van der Waals surface area contributed by atoms with Crippen LogP contribution < -0.4 is 5.32 Å². The van der Waals surface area contributed by atoms with Crippen molar-refractivity contribution in [3.8, 4) is 6.07 Å². The van der Waals surface area contributed by atoms with Gasteiger partial charge in [-0.2, -0.15) is 5.26 Å². The topological polar surface area (TPSA) is 73.1 Å². The van der Waals surface area contributed by atoms with Gasteiger partial charge >= 0.3 is 0 Å². The number of aliphatic hydroxyl groups excluding tert-OH is 1. The molecule has 0 aliphatic rings. The number of nitrogens with one attached hydrogen (secondary N) is 1. The number of hydrogen-bond donors (Lipinski definition) is 2. The van der Waals surface area contributed by atoms with Gasteiger partial charge in [0.25, 0.3) is 5.91 Å². The van der Waals surface area contributed by atoms with Crippen molar-refractivity contribution >= 4 is 43.5 Å². The van der Waals surface area contributed by atoms with Gasteiger partial charge in [0.1, 0.15) is 6.07 Å². The van der Waals surface area contributed by atoms with Crippen LogP contribution in [0.4, 0.5) is 5.69 Å². The van der Waals surface area contributed by atoms with Crippen LogP contribution in [0.3, 0.4) is 0 Å². The normalized spacial score (nSPS) is 11.4. The molecule has 1 rings (SSSR count). The minimum absolute atomic E-state index is 0.0284. The third-order valence-electron chi connectivity index (χ3n) is 1.98. The Morgan fingerprint density at radius 1 is 1.47 bits per heavy atom. The Morgan fingerprint density at radius 3 is 2.71 bits per heavy atom. The summed E-state index contributed by atoms with van der Waals surface area (Å²) in [6, 6.07) is 6.80. The van der Waals surface area contributed by atoms with E-state index in [2.05, 4.69) is 37.2 Å². The number of carbonyl (C=O) groups is 1. The molecule has 1 amide bonds. The Kier molecular flexibility index (Phi) is 4.73. The molecule has 0 atom stereocenters. The van der Waals surface area contributed by atoms with E-state index < -0.39 is 11.7 Å². The lowest BCUT2D eigenvalue weighted by molar-refractivity contribution is -0.112. The zero-order valence-corrected chi connectivity index (χ0v) is 12.0. The van der Waals surface area contributed by atoms with Crippen molar-refractivity contribution in [1.29, 1.82) is 5.26 Å². The van der Waals surface area contributed by atoms with Crippen LogP contribution in [0.15, 0.2) is 38.5 Å². The third kappa shape index (κ3) is 3.58. The number of halogens is 2. The molecule has 0 spiro atoms. The zero-order chi connectivity index (χ0) is 13.0. The highest BCUT2D eigenvalue weighted by atomic mass is 79.9. The molecule has 0 bridgehead atoms. The maximum Gasteiger partial charge on any atom is 0.255 e. The smallest absolute Gasteiger partial charge is 0.255 e. The third-order valence-corrected chi connectivity index (χ3v) is 3.16. The highest BCUT2D eigenvalue weighted by molar-refractivity contribution is 9.11. The van der Waals surface area contributed by atoms with Crippen molar-refractivity contribution in [1.82, 2.24) is 0 Å². The van der Waals surface area contributed by atoms with Crippen molar-refractivity contribution in [2.24, 2.45) is 0 Å². The van der Waals surface area contributed by atoms with Crippen LogP contribution in [0.1, 0.15) is 6.92 Å². The van der Waals surface area contributed by atoms with Crippen molar-refractivity contribution in [3.63, 3.8) is 0 Å². The first-order valence-corrected chi connectivity index (χ1v) is 6.10.